The van der Waals surface area contributed by atoms with E-state index in [1.165, 1.54) is 32.3 Å². The monoisotopic (exact) mass is 259 g/mol. The molecule has 0 aliphatic heterocycles. The van der Waals surface area contributed by atoms with Gasteiger partial charge in [0.2, 0.25) is 0 Å². The molecule has 3 heteroatoms. The average molecular weight is 259 g/mol. The van der Waals surface area contributed by atoms with Crippen molar-refractivity contribution in [2.24, 2.45) is 0 Å². The lowest BCUT2D eigenvalue weighted by molar-refractivity contribution is 1.42. The predicted octanol–water partition coefficient (Wildman–Crippen LogP) is 5.09. The highest BCUT2D eigenvalue weighted by atomic mass is 32.1. The van der Waals surface area contributed by atoms with Crippen LogP contribution >= 0.6 is 22.7 Å². The maximum Gasteiger partial charge on any atom is 0.0560 e. The second-order valence-electron chi connectivity index (χ2n) is 4.26. The Morgan fingerprint density at radius 2 is 1.29 bits per heavy atom. The fourth-order valence-corrected chi connectivity index (χ4v) is 3.59. The number of aryl methyl sites for hydroxylation is 2. The summed E-state index contributed by atoms with van der Waals surface area (Å²) in [5.74, 6) is 0. The molecule has 0 atom stereocenters. The van der Waals surface area contributed by atoms with Crippen molar-refractivity contribution in [3.63, 3.8) is 0 Å². The molecule has 0 amide bonds. The molecule has 0 spiro atoms. The van der Waals surface area contributed by atoms with Gasteiger partial charge in [-0.3, -0.25) is 0 Å². The van der Waals surface area contributed by atoms with Crippen molar-refractivity contribution in [3.05, 3.63) is 46.2 Å². The van der Waals surface area contributed by atoms with Crippen LogP contribution in [0.5, 0.6) is 0 Å². The number of hydrogen-bond acceptors (Lipinski definition) is 2. The Kier molecular flexibility index (Phi) is 2.65. The molecule has 17 heavy (non-hydrogen) atoms. The van der Waals surface area contributed by atoms with Crippen LogP contribution in [0.3, 0.4) is 0 Å². The molecule has 0 bridgehead atoms. The van der Waals surface area contributed by atoms with Crippen LogP contribution in [0.4, 0.5) is 0 Å². The van der Waals surface area contributed by atoms with Gasteiger partial charge in [0.15, 0.2) is 0 Å². The summed E-state index contributed by atoms with van der Waals surface area (Å²) in [5, 5.41) is 4.37. The predicted molar refractivity (Wildman–Crippen MR) is 76.9 cm³/mol. The zero-order valence-electron chi connectivity index (χ0n) is 9.78. The van der Waals surface area contributed by atoms with Crippen LogP contribution in [-0.4, -0.2) is 4.98 Å². The van der Waals surface area contributed by atoms with Gasteiger partial charge in [0.25, 0.3) is 0 Å². The molecule has 0 fully saturated rings. The van der Waals surface area contributed by atoms with Crippen LogP contribution in [0, 0.1) is 13.8 Å². The number of rotatable bonds is 2. The number of thiophene rings is 2. The highest BCUT2D eigenvalue weighted by molar-refractivity contribution is 7.14. The van der Waals surface area contributed by atoms with Gasteiger partial charge in [-0.05, 0) is 60.0 Å². The molecule has 3 rings (SSSR count). The largest absolute Gasteiger partial charge is 0.353 e. The Balaban J connectivity index is 1.98. The topological polar surface area (TPSA) is 15.8 Å². The zero-order chi connectivity index (χ0) is 11.8. The van der Waals surface area contributed by atoms with Gasteiger partial charge in [-0.2, -0.15) is 0 Å². The Morgan fingerprint density at radius 1 is 0.824 bits per heavy atom. The first-order valence-electron chi connectivity index (χ1n) is 5.52. The normalized spacial score (nSPS) is 10.9. The second-order valence-corrected chi connectivity index (χ2v) is 6.08. The van der Waals surface area contributed by atoms with Gasteiger partial charge in [-0.1, -0.05) is 0 Å². The fourth-order valence-electron chi connectivity index (χ4n) is 1.83. The third-order valence-electron chi connectivity index (χ3n) is 2.68. The SMILES string of the molecule is Cc1csc(-c2ccc(-c3cc(C)cs3)[nH]2)c1. The van der Waals surface area contributed by atoms with Gasteiger partial charge in [0, 0.05) is 0 Å². The standard InChI is InChI=1S/C14H13NS2/c1-9-5-13(16-7-9)11-3-4-12(15-11)14-6-10(2)8-17-14/h3-8,15H,1-2H3. The van der Waals surface area contributed by atoms with E-state index in [2.05, 4.69) is 53.9 Å². The molecule has 1 nitrogen and oxygen atoms in total. The summed E-state index contributed by atoms with van der Waals surface area (Å²) in [5.41, 5.74) is 5.08. The second kappa shape index (κ2) is 4.17. The molecular formula is C14H13NS2. The third kappa shape index (κ3) is 2.08. The Morgan fingerprint density at radius 3 is 1.65 bits per heavy atom. The number of nitrogens with one attached hydrogen (secondary N) is 1. The number of hydrogen-bond donors (Lipinski definition) is 1. The van der Waals surface area contributed by atoms with E-state index in [4.69, 9.17) is 0 Å². The molecule has 0 saturated carbocycles. The van der Waals surface area contributed by atoms with Gasteiger partial charge in [0.05, 0.1) is 21.1 Å². The van der Waals surface area contributed by atoms with Crippen molar-refractivity contribution >= 4 is 22.7 Å². The number of aromatic amines is 1. The minimum Gasteiger partial charge on any atom is -0.353 e. The van der Waals surface area contributed by atoms with Crippen molar-refractivity contribution in [2.45, 2.75) is 13.8 Å². The Bertz CT molecular complexity index is 588. The van der Waals surface area contributed by atoms with Crippen LogP contribution in [0.2, 0.25) is 0 Å². The van der Waals surface area contributed by atoms with Crippen molar-refractivity contribution in [2.75, 3.05) is 0 Å². The molecule has 0 aromatic carbocycles. The lowest BCUT2D eigenvalue weighted by Crippen LogP contribution is -1.73. The highest BCUT2D eigenvalue weighted by Crippen LogP contribution is 2.31. The summed E-state index contributed by atoms with van der Waals surface area (Å²) < 4.78 is 0. The van der Waals surface area contributed by atoms with E-state index in [-0.39, 0.29) is 0 Å². The molecule has 3 aromatic heterocycles. The molecule has 0 radical (unpaired) electrons. The molecule has 3 heterocycles. The van der Waals surface area contributed by atoms with Crippen molar-refractivity contribution in [1.82, 2.24) is 4.98 Å². The van der Waals surface area contributed by atoms with E-state index in [9.17, 15) is 0 Å². The first-order valence-corrected chi connectivity index (χ1v) is 7.28. The van der Waals surface area contributed by atoms with E-state index in [0.29, 0.717) is 0 Å². The maximum atomic E-state index is 3.49. The third-order valence-corrected chi connectivity index (χ3v) is 4.84. The smallest absolute Gasteiger partial charge is 0.0560 e. The van der Waals surface area contributed by atoms with Crippen LogP contribution in [0.25, 0.3) is 21.1 Å². The Labute approximate surface area is 109 Å². The number of aromatic nitrogens is 1. The summed E-state index contributed by atoms with van der Waals surface area (Å²) in [6.07, 6.45) is 0. The first kappa shape index (κ1) is 10.8. The zero-order valence-corrected chi connectivity index (χ0v) is 11.4. The van der Waals surface area contributed by atoms with Gasteiger partial charge in [0.1, 0.15) is 0 Å². The molecule has 3 aromatic rings. The molecule has 86 valence electrons. The quantitative estimate of drug-likeness (QED) is 0.660. The molecule has 0 unspecified atom stereocenters. The van der Waals surface area contributed by atoms with Gasteiger partial charge >= 0.3 is 0 Å². The Hall–Kier alpha value is -1.32. The molecule has 0 saturated heterocycles. The molecule has 0 aliphatic rings. The molecule has 0 aliphatic carbocycles. The first-order chi connectivity index (χ1) is 8.22. The summed E-state index contributed by atoms with van der Waals surface area (Å²) in [6.45, 7) is 4.26. The van der Waals surface area contributed by atoms with E-state index < -0.39 is 0 Å². The summed E-state index contributed by atoms with van der Waals surface area (Å²) >= 11 is 3.58. The van der Waals surface area contributed by atoms with Crippen LogP contribution in [0.1, 0.15) is 11.1 Å². The van der Waals surface area contributed by atoms with E-state index in [1.54, 1.807) is 22.7 Å². The van der Waals surface area contributed by atoms with E-state index in [0.717, 1.165) is 0 Å². The van der Waals surface area contributed by atoms with Crippen molar-refractivity contribution in [1.29, 1.82) is 0 Å². The molecular weight excluding hydrogens is 246 g/mol. The van der Waals surface area contributed by atoms with Gasteiger partial charge < -0.3 is 4.98 Å². The average Bonchev–Trinajstić information content (AvgIpc) is 2.96. The molecule has 1 N–H and O–H groups in total. The van der Waals surface area contributed by atoms with Gasteiger partial charge in [-0.25, -0.2) is 0 Å². The summed E-state index contributed by atoms with van der Waals surface area (Å²) in [7, 11) is 0. The van der Waals surface area contributed by atoms with E-state index >= 15 is 0 Å². The van der Waals surface area contributed by atoms with Crippen LogP contribution in [-0.2, 0) is 0 Å². The van der Waals surface area contributed by atoms with E-state index in [1.807, 2.05) is 0 Å². The van der Waals surface area contributed by atoms with Crippen LogP contribution in [0.15, 0.2) is 35.0 Å². The fraction of sp³-hybridized carbons (Fsp3) is 0.143. The number of H-pyrrole nitrogens is 1. The minimum absolute atomic E-state index is 1.21. The van der Waals surface area contributed by atoms with Crippen LogP contribution < -0.4 is 0 Å². The highest BCUT2D eigenvalue weighted by Gasteiger charge is 2.06. The van der Waals surface area contributed by atoms with Crippen molar-refractivity contribution in [3.8, 4) is 21.1 Å². The summed E-state index contributed by atoms with van der Waals surface area (Å²) in [6, 6.07) is 8.77. The van der Waals surface area contributed by atoms with Gasteiger partial charge in [-0.15, -0.1) is 22.7 Å². The maximum absolute atomic E-state index is 3.49. The van der Waals surface area contributed by atoms with Crippen molar-refractivity contribution < 1.29 is 0 Å². The lowest BCUT2D eigenvalue weighted by atomic mass is 10.3. The minimum atomic E-state index is 1.21. The summed E-state index contributed by atoms with van der Waals surface area (Å²) in [4.78, 5) is 6.11. The lowest BCUT2D eigenvalue weighted by Gasteiger charge is -1.93.